The fraction of sp³-hybridized carbons (Fsp3) is 0.375. The predicted octanol–water partition coefficient (Wildman–Crippen LogP) is 0.504. The van der Waals surface area contributed by atoms with Crippen LogP contribution in [0.5, 0.6) is 0 Å². The monoisotopic (exact) mass is 347 g/mol. The van der Waals surface area contributed by atoms with Gasteiger partial charge in [-0.1, -0.05) is 12.1 Å². The number of nitrogens with one attached hydrogen (secondary N) is 1. The third-order valence-corrected chi connectivity index (χ3v) is 3.59. The quantitative estimate of drug-likeness (QED) is 0.284. The Labute approximate surface area is 144 Å². The van der Waals surface area contributed by atoms with Gasteiger partial charge in [-0.25, -0.2) is 9.59 Å². The average molecular weight is 347 g/mol. The molecule has 0 aliphatic carbocycles. The SMILES string of the molecule is COC(=O)[C@H](CCCN=C(N)N)Nc1nc2cccc(C)c2c(=O)o1. The van der Waals surface area contributed by atoms with Gasteiger partial charge in [-0.3, -0.25) is 4.99 Å². The first-order chi connectivity index (χ1) is 11.9. The average Bonchev–Trinajstić information content (AvgIpc) is 2.56. The maximum atomic E-state index is 12.2. The van der Waals surface area contributed by atoms with Crippen molar-refractivity contribution in [2.75, 3.05) is 19.0 Å². The Morgan fingerprint density at radius 3 is 2.88 bits per heavy atom. The van der Waals surface area contributed by atoms with Crippen molar-refractivity contribution in [2.24, 2.45) is 16.5 Å². The van der Waals surface area contributed by atoms with Crippen LogP contribution < -0.4 is 22.4 Å². The molecule has 0 radical (unpaired) electrons. The van der Waals surface area contributed by atoms with E-state index in [1.807, 2.05) is 0 Å². The number of aryl methyl sites for hydroxylation is 1. The van der Waals surface area contributed by atoms with Crippen LogP contribution in [0.15, 0.2) is 32.4 Å². The van der Waals surface area contributed by atoms with E-state index in [1.54, 1.807) is 25.1 Å². The lowest BCUT2D eigenvalue weighted by molar-refractivity contribution is -0.141. The van der Waals surface area contributed by atoms with E-state index < -0.39 is 17.6 Å². The Balaban J connectivity index is 2.20. The van der Waals surface area contributed by atoms with Crippen molar-refractivity contribution in [3.63, 3.8) is 0 Å². The maximum Gasteiger partial charge on any atom is 0.348 e. The van der Waals surface area contributed by atoms with Gasteiger partial charge in [0.2, 0.25) is 0 Å². The number of rotatable bonds is 7. The summed E-state index contributed by atoms with van der Waals surface area (Å²) in [5.41, 5.74) is 11.3. The summed E-state index contributed by atoms with van der Waals surface area (Å²) in [6.45, 7) is 2.17. The zero-order valence-electron chi connectivity index (χ0n) is 14.1. The summed E-state index contributed by atoms with van der Waals surface area (Å²) in [4.78, 5) is 32.2. The van der Waals surface area contributed by atoms with Crippen molar-refractivity contribution in [1.29, 1.82) is 0 Å². The molecule has 2 aromatic rings. The van der Waals surface area contributed by atoms with Gasteiger partial charge in [0.05, 0.1) is 18.0 Å². The van der Waals surface area contributed by atoms with E-state index in [-0.39, 0.29) is 12.0 Å². The highest BCUT2D eigenvalue weighted by Gasteiger charge is 2.21. The van der Waals surface area contributed by atoms with E-state index >= 15 is 0 Å². The highest BCUT2D eigenvalue weighted by Crippen LogP contribution is 2.16. The van der Waals surface area contributed by atoms with Crippen LogP contribution in [0.25, 0.3) is 10.9 Å². The minimum absolute atomic E-state index is 0.0138. The molecule has 1 aromatic carbocycles. The first-order valence-corrected chi connectivity index (χ1v) is 7.72. The van der Waals surface area contributed by atoms with Crippen molar-refractivity contribution in [1.82, 2.24) is 4.98 Å². The van der Waals surface area contributed by atoms with E-state index in [1.165, 1.54) is 7.11 Å². The Kier molecular flexibility index (Phi) is 5.93. The van der Waals surface area contributed by atoms with E-state index in [2.05, 4.69) is 15.3 Å². The van der Waals surface area contributed by atoms with Gasteiger partial charge < -0.3 is 25.9 Å². The molecule has 0 aliphatic rings. The number of methoxy groups -OCH3 is 1. The second-order valence-electron chi connectivity index (χ2n) is 5.44. The van der Waals surface area contributed by atoms with E-state index in [0.717, 1.165) is 5.56 Å². The van der Waals surface area contributed by atoms with E-state index in [4.69, 9.17) is 20.6 Å². The van der Waals surface area contributed by atoms with Gasteiger partial charge in [0.1, 0.15) is 6.04 Å². The molecule has 134 valence electrons. The standard InChI is InChI=1S/C16H21N5O4/c1-9-5-3-6-10-12(9)14(23)25-16(20-10)21-11(13(22)24-2)7-4-8-19-15(17)18/h3,5-6,11H,4,7-8H2,1-2H3,(H,20,21)(H4,17,18,19)/t11-/m0/s1. The minimum atomic E-state index is -0.739. The third kappa shape index (κ3) is 4.69. The number of esters is 1. The molecule has 0 amide bonds. The van der Waals surface area contributed by atoms with Gasteiger partial charge in [0.15, 0.2) is 5.96 Å². The molecule has 0 spiro atoms. The van der Waals surface area contributed by atoms with Gasteiger partial charge in [-0.15, -0.1) is 0 Å². The number of nitrogens with zero attached hydrogens (tertiary/aromatic N) is 2. The number of aromatic nitrogens is 1. The zero-order chi connectivity index (χ0) is 18.4. The van der Waals surface area contributed by atoms with E-state index in [0.29, 0.717) is 30.3 Å². The van der Waals surface area contributed by atoms with Crippen LogP contribution in [0, 0.1) is 6.92 Å². The smallest absolute Gasteiger partial charge is 0.348 e. The van der Waals surface area contributed by atoms with Gasteiger partial charge in [0.25, 0.3) is 6.01 Å². The largest absolute Gasteiger partial charge is 0.467 e. The Hall–Kier alpha value is -3.10. The molecule has 0 fully saturated rings. The summed E-state index contributed by atoms with van der Waals surface area (Å²) in [5, 5.41) is 3.22. The number of carbonyl (C=O) groups is 1. The molecule has 0 saturated carbocycles. The van der Waals surface area contributed by atoms with Crippen LogP contribution in [0.3, 0.4) is 0 Å². The molecule has 1 atom stereocenters. The van der Waals surface area contributed by atoms with Crippen LogP contribution in [-0.4, -0.2) is 36.6 Å². The molecule has 0 aliphatic heterocycles. The summed E-state index contributed by atoms with van der Waals surface area (Å²) >= 11 is 0. The van der Waals surface area contributed by atoms with Crippen molar-refractivity contribution in [2.45, 2.75) is 25.8 Å². The van der Waals surface area contributed by atoms with Crippen LogP contribution in [-0.2, 0) is 9.53 Å². The second kappa shape index (κ2) is 8.13. The molecule has 25 heavy (non-hydrogen) atoms. The van der Waals surface area contributed by atoms with Crippen molar-refractivity contribution in [3.8, 4) is 0 Å². The lowest BCUT2D eigenvalue weighted by Gasteiger charge is -2.15. The number of nitrogens with two attached hydrogens (primary N) is 2. The molecule has 5 N–H and O–H groups in total. The second-order valence-corrected chi connectivity index (χ2v) is 5.44. The van der Waals surface area contributed by atoms with Gasteiger partial charge >= 0.3 is 11.6 Å². The lowest BCUT2D eigenvalue weighted by atomic mass is 10.1. The first kappa shape index (κ1) is 18.2. The molecule has 1 aromatic heterocycles. The van der Waals surface area contributed by atoms with Crippen molar-refractivity contribution in [3.05, 3.63) is 34.2 Å². The topological polar surface area (TPSA) is 146 Å². The van der Waals surface area contributed by atoms with Crippen LogP contribution in [0.1, 0.15) is 18.4 Å². The molecular formula is C16H21N5O4. The summed E-state index contributed by atoms with van der Waals surface area (Å²) < 4.78 is 9.95. The number of benzene rings is 1. The molecule has 0 bridgehead atoms. The lowest BCUT2D eigenvalue weighted by Crippen LogP contribution is -2.32. The number of carbonyl (C=O) groups excluding carboxylic acids is 1. The highest BCUT2D eigenvalue weighted by atomic mass is 16.5. The number of hydrogen-bond donors (Lipinski definition) is 3. The summed E-state index contributed by atoms with van der Waals surface area (Å²) in [6, 6.07) is 4.52. The van der Waals surface area contributed by atoms with Crippen LogP contribution in [0.4, 0.5) is 6.01 Å². The summed E-state index contributed by atoms with van der Waals surface area (Å²) in [5.74, 6) is -0.515. The fourth-order valence-electron chi connectivity index (χ4n) is 2.39. The Morgan fingerprint density at radius 1 is 1.44 bits per heavy atom. The van der Waals surface area contributed by atoms with Gasteiger partial charge in [-0.05, 0) is 31.4 Å². The van der Waals surface area contributed by atoms with E-state index in [9.17, 15) is 9.59 Å². The molecule has 9 heteroatoms. The molecule has 2 rings (SSSR count). The fourth-order valence-corrected chi connectivity index (χ4v) is 2.39. The highest BCUT2D eigenvalue weighted by molar-refractivity contribution is 5.82. The molecule has 0 unspecified atom stereocenters. The molecule has 9 nitrogen and oxygen atoms in total. The number of fused-ring (bicyclic) bond motifs is 1. The number of ether oxygens (including phenoxy) is 1. The van der Waals surface area contributed by atoms with Crippen LogP contribution >= 0.6 is 0 Å². The molecule has 0 saturated heterocycles. The van der Waals surface area contributed by atoms with Gasteiger partial charge in [0, 0.05) is 6.54 Å². The number of guanidine groups is 1. The number of anilines is 1. The Morgan fingerprint density at radius 2 is 2.20 bits per heavy atom. The third-order valence-electron chi connectivity index (χ3n) is 3.59. The normalized spacial score (nSPS) is 11.8. The minimum Gasteiger partial charge on any atom is -0.467 e. The predicted molar refractivity (Wildman–Crippen MR) is 94.4 cm³/mol. The van der Waals surface area contributed by atoms with Crippen molar-refractivity contribution < 1.29 is 13.9 Å². The summed E-state index contributed by atoms with van der Waals surface area (Å²) in [7, 11) is 1.28. The van der Waals surface area contributed by atoms with Gasteiger partial charge in [-0.2, -0.15) is 4.98 Å². The summed E-state index contributed by atoms with van der Waals surface area (Å²) in [6.07, 6.45) is 0.905. The van der Waals surface area contributed by atoms with Crippen molar-refractivity contribution >= 4 is 28.8 Å². The number of aliphatic imine (C=N–C) groups is 1. The maximum absolute atomic E-state index is 12.2. The zero-order valence-corrected chi connectivity index (χ0v) is 14.1. The van der Waals surface area contributed by atoms with Crippen LogP contribution in [0.2, 0.25) is 0 Å². The number of hydrogen-bond acceptors (Lipinski definition) is 7. The first-order valence-electron chi connectivity index (χ1n) is 7.72. The molecule has 1 heterocycles. The molecular weight excluding hydrogens is 326 g/mol. The Bertz CT molecular complexity index is 842.